The standard InChI is InChI=1S/C23H32FN5O5/c1-12(26-21(31)34-23(2,3)4)13-8-9-27(11-13)18-16(24)10-15-17(19(18)33-5)28(14-6-7-14)22(32)29(25)20(15)30/h10,12-14H,6-9,11,25H2,1-5H3,(H,26,31)/t12-,13+/m1/s1. The first kappa shape index (κ1) is 23.9. The highest BCUT2D eigenvalue weighted by Gasteiger charge is 2.35. The highest BCUT2D eigenvalue weighted by atomic mass is 19.1. The van der Waals surface area contributed by atoms with E-state index >= 15 is 4.39 Å². The van der Waals surface area contributed by atoms with Crippen LogP contribution in [0.4, 0.5) is 14.9 Å². The number of alkyl carbamates (subject to hydrolysis) is 1. The quantitative estimate of drug-likeness (QED) is 0.633. The Balaban J connectivity index is 1.69. The molecule has 2 heterocycles. The van der Waals surface area contributed by atoms with Gasteiger partial charge < -0.3 is 25.5 Å². The molecule has 3 N–H and O–H groups in total. The van der Waals surface area contributed by atoms with Crippen molar-refractivity contribution in [1.29, 1.82) is 0 Å². The number of ether oxygens (including phenoxy) is 2. The van der Waals surface area contributed by atoms with E-state index in [0.717, 1.165) is 18.9 Å². The topological polar surface area (TPSA) is 121 Å². The van der Waals surface area contributed by atoms with Crippen LogP contribution in [0.1, 0.15) is 53.0 Å². The Bertz CT molecular complexity index is 1240. The maximum Gasteiger partial charge on any atom is 0.407 e. The third-order valence-electron chi connectivity index (χ3n) is 6.39. The summed E-state index contributed by atoms with van der Waals surface area (Å²) in [5.41, 5.74) is -1.56. The van der Waals surface area contributed by atoms with Gasteiger partial charge in [-0.3, -0.25) is 9.36 Å². The Morgan fingerprint density at radius 1 is 1.26 bits per heavy atom. The van der Waals surface area contributed by atoms with E-state index in [4.69, 9.17) is 15.3 Å². The number of aromatic nitrogens is 2. The first-order chi connectivity index (χ1) is 15.9. The van der Waals surface area contributed by atoms with E-state index < -0.39 is 28.8 Å². The van der Waals surface area contributed by atoms with Gasteiger partial charge in [0, 0.05) is 25.2 Å². The Labute approximate surface area is 196 Å². The van der Waals surface area contributed by atoms with Gasteiger partial charge in [-0.05, 0) is 58.9 Å². The van der Waals surface area contributed by atoms with Gasteiger partial charge in [0.25, 0.3) is 5.56 Å². The molecule has 1 saturated carbocycles. The van der Waals surface area contributed by atoms with Crippen LogP contribution in [0.5, 0.6) is 5.75 Å². The fraction of sp³-hybridized carbons (Fsp3) is 0.609. The Kier molecular flexibility index (Phi) is 5.99. The smallest absolute Gasteiger partial charge is 0.407 e. The first-order valence-electron chi connectivity index (χ1n) is 11.5. The van der Waals surface area contributed by atoms with E-state index in [1.54, 1.807) is 20.8 Å². The second-order valence-corrected chi connectivity index (χ2v) is 10.1. The summed E-state index contributed by atoms with van der Waals surface area (Å²) >= 11 is 0. The van der Waals surface area contributed by atoms with Crippen molar-refractivity contribution in [2.24, 2.45) is 5.92 Å². The number of hydrogen-bond acceptors (Lipinski definition) is 7. The number of carbonyl (C=O) groups is 1. The molecule has 2 atom stereocenters. The molecule has 1 saturated heterocycles. The summed E-state index contributed by atoms with van der Waals surface area (Å²) in [4.78, 5) is 39.5. The molecule has 186 valence electrons. The number of nitrogens with one attached hydrogen (secondary N) is 1. The zero-order valence-corrected chi connectivity index (χ0v) is 20.2. The van der Waals surface area contributed by atoms with Gasteiger partial charge >= 0.3 is 11.8 Å². The number of amides is 1. The van der Waals surface area contributed by atoms with Crippen molar-refractivity contribution in [3.63, 3.8) is 0 Å². The Hall–Kier alpha value is -3.24. The van der Waals surface area contributed by atoms with Crippen LogP contribution in [-0.4, -0.2) is 47.2 Å². The summed E-state index contributed by atoms with van der Waals surface area (Å²) < 4.78 is 28.3. The summed E-state index contributed by atoms with van der Waals surface area (Å²) in [6, 6.07) is 0.817. The first-order valence-corrected chi connectivity index (χ1v) is 11.5. The molecule has 11 heteroatoms. The third-order valence-corrected chi connectivity index (χ3v) is 6.39. The number of fused-ring (bicyclic) bond motifs is 1. The van der Waals surface area contributed by atoms with Crippen LogP contribution in [0.15, 0.2) is 15.7 Å². The van der Waals surface area contributed by atoms with Crippen LogP contribution in [0.25, 0.3) is 10.9 Å². The minimum atomic E-state index is -0.768. The van der Waals surface area contributed by atoms with Crippen LogP contribution < -0.4 is 32.0 Å². The highest BCUT2D eigenvalue weighted by Crippen LogP contribution is 2.43. The molecule has 0 unspecified atom stereocenters. The number of rotatable bonds is 5. The van der Waals surface area contributed by atoms with Crippen LogP contribution in [0.3, 0.4) is 0 Å². The van der Waals surface area contributed by atoms with Gasteiger partial charge in [-0.2, -0.15) is 4.68 Å². The molecule has 34 heavy (non-hydrogen) atoms. The largest absolute Gasteiger partial charge is 0.492 e. The maximum atomic E-state index is 15.4. The Morgan fingerprint density at radius 3 is 2.53 bits per heavy atom. The minimum absolute atomic E-state index is 0.00260. The molecule has 2 aliphatic rings. The predicted octanol–water partition coefficient (Wildman–Crippen LogP) is 2.10. The molecule has 0 spiro atoms. The third kappa shape index (κ3) is 4.30. The van der Waals surface area contributed by atoms with E-state index in [9.17, 15) is 14.4 Å². The molecule has 2 fully saturated rings. The van der Waals surface area contributed by atoms with Crippen LogP contribution in [-0.2, 0) is 4.74 Å². The molecule has 0 bridgehead atoms. The lowest BCUT2D eigenvalue weighted by atomic mass is 10.0. The summed E-state index contributed by atoms with van der Waals surface area (Å²) in [6.45, 7) is 8.25. The van der Waals surface area contributed by atoms with Crippen molar-refractivity contribution < 1.29 is 18.7 Å². The number of halogens is 1. The van der Waals surface area contributed by atoms with Gasteiger partial charge in [0.05, 0.1) is 12.5 Å². The van der Waals surface area contributed by atoms with E-state index in [0.29, 0.717) is 24.2 Å². The van der Waals surface area contributed by atoms with Crippen molar-refractivity contribution in [1.82, 2.24) is 14.6 Å². The van der Waals surface area contributed by atoms with E-state index in [1.165, 1.54) is 11.7 Å². The van der Waals surface area contributed by atoms with Gasteiger partial charge in [-0.1, -0.05) is 0 Å². The van der Waals surface area contributed by atoms with Crippen LogP contribution in [0.2, 0.25) is 0 Å². The van der Waals surface area contributed by atoms with Crippen LogP contribution in [0, 0.1) is 11.7 Å². The molecule has 1 amide bonds. The second kappa shape index (κ2) is 8.52. The van der Waals surface area contributed by atoms with E-state index in [2.05, 4.69) is 5.32 Å². The summed E-state index contributed by atoms with van der Waals surface area (Å²) in [5.74, 6) is 5.25. The van der Waals surface area contributed by atoms with Gasteiger partial charge in [0.1, 0.15) is 16.8 Å². The van der Waals surface area contributed by atoms with Crippen molar-refractivity contribution in [2.75, 3.05) is 30.9 Å². The lowest BCUT2D eigenvalue weighted by Crippen LogP contribution is -2.44. The second-order valence-electron chi connectivity index (χ2n) is 10.1. The number of anilines is 1. The van der Waals surface area contributed by atoms with Crippen molar-refractivity contribution in [2.45, 2.75) is 64.6 Å². The molecule has 2 aromatic rings. The molecular formula is C23H32FN5O5. The molecule has 1 aromatic heterocycles. The highest BCUT2D eigenvalue weighted by molar-refractivity contribution is 5.91. The monoisotopic (exact) mass is 477 g/mol. The normalized spacial score (nSPS) is 19.4. The summed E-state index contributed by atoms with van der Waals surface area (Å²) in [6.07, 6.45) is 1.74. The molecule has 1 aromatic carbocycles. The number of nitrogens with two attached hydrogens (primary N) is 1. The van der Waals surface area contributed by atoms with Gasteiger partial charge in [-0.25, -0.2) is 14.0 Å². The van der Waals surface area contributed by atoms with Gasteiger partial charge in [-0.15, -0.1) is 0 Å². The fourth-order valence-electron chi connectivity index (χ4n) is 4.61. The Morgan fingerprint density at radius 2 is 1.94 bits per heavy atom. The number of carbonyl (C=O) groups excluding carboxylic acids is 1. The van der Waals surface area contributed by atoms with Gasteiger partial charge in [0.15, 0.2) is 11.6 Å². The number of benzene rings is 1. The molecule has 10 nitrogen and oxygen atoms in total. The van der Waals surface area contributed by atoms with E-state index in [1.807, 2.05) is 11.8 Å². The molecular weight excluding hydrogens is 445 g/mol. The summed E-state index contributed by atoms with van der Waals surface area (Å²) in [7, 11) is 1.40. The summed E-state index contributed by atoms with van der Waals surface area (Å²) in [5, 5.41) is 2.86. The van der Waals surface area contributed by atoms with Crippen molar-refractivity contribution in [3.8, 4) is 5.75 Å². The number of hydrogen-bond donors (Lipinski definition) is 2. The molecule has 1 aliphatic carbocycles. The zero-order valence-electron chi connectivity index (χ0n) is 20.2. The average molecular weight is 478 g/mol. The van der Waals surface area contributed by atoms with Crippen molar-refractivity contribution >= 4 is 22.7 Å². The number of nitrogens with zero attached hydrogens (tertiary/aromatic N) is 3. The molecule has 4 rings (SSSR count). The molecule has 1 aliphatic heterocycles. The zero-order chi connectivity index (χ0) is 24.9. The lowest BCUT2D eigenvalue weighted by molar-refractivity contribution is 0.0494. The number of methoxy groups -OCH3 is 1. The molecule has 0 radical (unpaired) electrons. The lowest BCUT2D eigenvalue weighted by Gasteiger charge is -2.26. The maximum absolute atomic E-state index is 15.4. The SMILES string of the molecule is COc1c(N2CC[C@H]([C@@H](C)NC(=O)OC(C)(C)C)C2)c(F)cc2c(=O)n(N)c(=O)n(C3CC3)c12. The predicted molar refractivity (Wildman–Crippen MR) is 127 cm³/mol. The number of nitrogen functional groups attached to an aromatic ring is 1. The van der Waals surface area contributed by atoms with Gasteiger partial charge in [0.2, 0.25) is 0 Å². The minimum Gasteiger partial charge on any atom is -0.492 e. The fourth-order valence-corrected chi connectivity index (χ4v) is 4.61. The van der Waals surface area contributed by atoms with Crippen LogP contribution >= 0.6 is 0 Å². The van der Waals surface area contributed by atoms with E-state index in [-0.39, 0.29) is 40.3 Å². The van der Waals surface area contributed by atoms with Crippen molar-refractivity contribution in [3.05, 3.63) is 32.7 Å². The average Bonchev–Trinajstić information content (AvgIpc) is 3.45.